The Kier molecular flexibility index (Phi) is 5.96. The van der Waals surface area contributed by atoms with E-state index in [1.165, 1.54) is 66.1 Å². The third-order valence-corrected chi connectivity index (χ3v) is 13.8. The van der Waals surface area contributed by atoms with E-state index in [0.717, 1.165) is 12.8 Å². The third-order valence-electron chi connectivity index (χ3n) is 9.94. The van der Waals surface area contributed by atoms with Gasteiger partial charge in [0, 0.05) is 0 Å². The van der Waals surface area contributed by atoms with Crippen LogP contribution in [0.15, 0.2) is 132 Å². The lowest BCUT2D eigenvalue weighted by Crippen LogP contribution is -2.31. The van der Waals surface area contributed by atoms with Crippen molar-refractivity contribution in [1.82, 2.24) is 0 Å². The first-order valence-corrected chi connectivity index (χ1v) is 18.5. The average Bonchev–Trinajstić information content (AvgIpc) is 3.56. The van der Waals surface area contributed by atoms with Crippen molar-refractivity contribution in [3.8, 4) is 22.3 Å². The maximum absolute atomic E-state index is 2.61. The fraction of sp³-hybridized carbons (Fsp3) is 0.143. The lowest BCUT2D eigenvalue weighted by Gasteiger charge is -2.32. The third kappa shape index (κ3) is 4.10. The van der Waals surface area contributed by atoms with Crippen LogP contribution in [0.4, 0.5) is 0 Å². The molecule has 0 unspecified atom stereocenters. The standard InChI is InChI=1S/C42H36Si/c1-27-23-35-15-9-17-37(33-21-19-29-11-5-7-13-31(29)25-33)39(35)41(27)43(3,4)42-28(2)24-36-16-10-18-38(40(36)42)34-22-20-30-12-6-8-14-32(30)26-34/h5-22,25-26H,23-24H2,1-4H3. The molecule has 2 aliphatic carbocycles. The van der Waals surface area contributed by atoms with Crippen LogP contribution in [-0.4, -0.2) is 8.07 Å². The van der Waals surface area contributed by atoms with Crippen LogP contribution in [0, 0.1) is 0 Å². The van der Waals surface area contributed by atoms with Crippen molar-refractivity contribution in [1.29, 1.82) is 0 Å². The first-order valence-electron chi connectivity index (χ1n) is 15.5. The monoisotopic (exact) mass is 568 g/mol. The van der Waals surface area contributed by atoms with Gasteiger partial charge in [-0.3, -0.25) is 0 Å². The van der Waals surface area contributed by atoms with E-state index in [9.17, 15) is 0 Å². The summed E-state index contributed by atoms with van der Waals surface area (Å²) >= 11 is 0. The molecular weight excluding hydrogens is 533 g/mol. The van der Waals surface area contributed by atoms with Crippen LogP contribution in [-0.2, 0) is 12.8 Å². The Morgan fingerprint density at radius 3 is 1.30 bits per heavy atom. The van der Waals surface area contributed by atoms with Crippen molar-refractivity contribution in [2.24, 2.45) is 0 Å². The first-order chi connectivity index (χ1) is 20.9. The fourth-order valence-corrected chi connectivity index (χ4v) is 12.7. The van der Waals surface area contributed by atoms with Crippen molar-refractivity contribution in [2.75, 3.05) is 0 Å². The van der Waals surface area contributed by atoms with Gasteiger partial charge in [0.15, 0.2) is 0 Å². The number of hydrogen-bond donors (Lipinski definition) is 0. The molecule has 0 bridgehead atoms. The highest BCUT2D eigenvalue weighted by molar-refractivity contribution is 7.09. The van der Waals surface area contributed by atoms with E-state index in [-0.39, 0.29) is 0 Å². The van der Waals surface area contributed by atoms with Gasteiger partial charge in [-0.15, -0.1) is 0 Å². The van der Waals surface area contributed by atoms with E-state index < -0.39 is 8.07 Å². The number of benzene rings is 6. The Labute approximate surface area is 256 Å². The molecule has 2 aliphatic rings. The summed E-state index contributed by atoms with van der Waals surface area (Å²) in [5, 5.41) is 8.48. The van der Waals surface area contributed by atoms with Gasteiger partial charge < -0.3 is 0 Å². The summed E-state index contributed by atoms with van der Waals surface area (Å²) in [5.41, 5.74) is 14.5. The summed E-state index contributed by atoms with van der Waals surface area (Å²) in [6, 6.07) is 45.4. The second-order valence-corrected chi connectivity index (χ2v) is 17.3. The maximum atomic E-state index is 2.61. The molecule has 0 aliphatic heterocycles. The van der Waals surface area contributed by atoms with Gasteiger partial charge in [-0.2, -0.15) is 0 Å². The summed E-state index contributed by atoms with van der Waals surface area (Å²) < 4.78 is 0. The summed E-state index contributed by atoms with van der Waals surface area (Å²) in [6.45, 7) is 10.0. The number of allylic oxidation sites excluding steroid dienone is 2. The van der Waals surface area contributed by atoms with Crippen molar-refractivity contribution in [3.63, 3.8) is 0 Å². The zero-order chi connectivity index (χ0) is 29.3. The molecule has 0 radical (unpaired) electrons. The molecule has 0 fully saturated rings. The van der Waals surface area contributed by atoms with Crippen molar-refractivity contribution in [2.45, 2.75) is 39.8 Å². The lowest BCUT2D eigenvalue weighted by molar-refractivity contribution is 1.19. The molecular formula is C42H36Si. The number of hydrogen-bond acceptors (Lipinski definition) is 0. The van der Waals surface area contributed by atoms with Gasteiger partial charge in [-0.1, -0.05) is 133 Å². The summed E-state index contributed by atoms with van der Waals surface area (Å²) in [6.07, 6.45) is 2.10. The Hall–Kier alpha value is -4.46. The molecule has 0 spiro atoms. The van der Waals surface area contributed by atoms with Crippen LogP contribution in [0.5, 0.6) is 0 Å². The smallest absolute Gasteiger partial charge is 0.0686 e. The molecule has 0 atom stereocenters. The zero-order valence-corrected chi connectivity index (χ0v) is 26.5. The zero-order valence-electron chi connectivity index (χ0n) is 25.5. The van der Waals surface area contributed by atoms with Gasteiger partial charge >= 0.3 is 0 Å². The first kappa shape index (κ1) is 26.2. The van der Waals surface area contributed by atoms with E-state index in [1.807, 2.05) is 0 Å². The molecule has 0 saturated carbocycles. The molecule has 0 saturated heterocycles. The fourth-order valence-electron chi connectivity index (χ4n) is 8.27. The van der Waals surface area contributed by atoms with Gasteiger partial charge in [0.05, 0.1) is 0 Å². The SMILES string of the molecule is CC1=C([Si](C)(C)C2=C(C)Cc3cccc(-c4ccc5ccccc5c4)c32)c2c(cccc2-c2ccc3ccccc3c2)C1. The number of fused-ring (bicyclic) bond motifs is 4. The van der Waals surface area contributed by atoms with Crippen LogP contribution in [0.1, 0.15) is 36.1 Å². The Balaban J connectivity index is 1.30. The molecule has 6 aromatic rings. The van der Waals surface area contributed by atoms with Crippen LogP contribution in [0.2, 0.25) is 13.1 Å². The van der Waals surface area contributed by atoms with E-state index in [1.54, 1.807) is 21.5 Å². The Morgan fingerprint density at radius 2 is 0.860 bits per heavy atom. The predicted octanol–water partition coefficient (Wildman–Crippen LogP) is 11.5. The minimum Gasteiger partial charge on any atom is -0.0686 e. The van der Waals surface area contributed by atoms with Crippen molar-refractivity contribution in [3.05, 3.63) is 155 Å². The molecule has 0 heterocycles. The van der Waals surface area contributed by atoms with E-state index in [4.69, 9.17) is 0 Å². The quantitative estimate of drug-likeness (QED) is 0.186. The molecule has 0 nitrogen and oxygen atoms in total. The summed E-state index contributed by atoms with van der Waals surface area (Å²) in [7, 11) is -2.14. The molecule has 43 heavy (non-hydrogen) atoms. The van der Waals surface area contributed by atoms with Crippen molar-refractivity contribution >= 4 is 40.0 Å². The minimum atomic E-state index is -2.14. The van der Waals surface area contributed by atoms with Gasteiger partial charge in [0.2, 0.25) is 0 Å². The predicted molar refractivity (Wildman–Crippen MR) is 189 cm³/mol. The van der Waals surface area contributed by atoms with Crippen LogP contribution in [0.3, 0.4) is 0 Å². The van der Waals surface area contributed by atoms with Crippen molar-refractivity contribution < 1.29 is 0 Å². The highest BCUT2D eigenvalue weighted by Crippen LogP contribution is 2.52. The molecule has 208 valence electrons. The Morgan fingerprint density at radius 1 is 0.442 bits per heavy atom. The second-order valence-electron chi connectivity index (χ2n) is 13.1. The van der Waals surface area contributed by atoms with Gasteiger partial charge in [-0.05, 0) is 115 Å². The normalized spacial score (nSPS) is 14.6. The lowest BCUT2D eigenvalue weighted by atomic mass is 9.95. The second kappa shape index (κ2) is 9.79. The maximum Gasteiger partial charge on any atom is 0.113 e. The highest BCUT2D eigenvalue weighted by Gasteiger charge is 2.42. The average molecular weight is 569 g/mol. The van der Waals surface area contributed by atoms with Crippen LogP contribution in [0.25, 0.3) is 54.2 Å². The van der Waals surface area contributed by atoms with Crippen LogP contribution < -0.4 is 0 Å². The van der Waals surface area contributed by atoms with Gasteiger partial charge in [-0.25, -0.2) is 0 Å². The minimum absolute atomic E-state index is 1.05. The molecule has 0 N–H and O–H groups in total. The molecule has 8 rings (SSSR count). The van der Waals surface area contributed by atoms with Gasteiger partial charge in [0.1, 0.15) is 8.07 Å². The molecule has 1 heteroatoms. The molecule has 0 aromatic heterocycles. The topological polar surface area (TPSA) is 0 Å². The summed E-state index contributed by atoms with van der Waals surface area (Å²) in [4.78, 5) is 0. The highest BCUT2D eigenvalue weighted by atomic mass is 28.3. The molecule has 6 aromatic carbocycles. The van der Waals surface area contributed by atoms with Gasteiger partial charge in [0.25, 0.3) is 0 Å². The van der Waals surface area contributed by atoms with E-state index in [0.29, 0.717) is 0 Å². The molecule has 0 amide bonds. The largest absolute Gasteiger partial charge is 0.113 e. The Bertz CT molecular complexity index is 2020. The summed E-state index contributed by atoms with van der Waals surface area (Å²) in [5.74, 6) is 0. The van der Waals surface area contributed by atoms with Crippen LogP contribution >= 0.6 is 0 Å². The van der Waals surface area contributed by atoms with E-state index >= 15 is 0 Å². The van der Waals surface area contributed by atoms with E-state index in [2.05, 4.69) is 148 Å². The number of rotatable bonds is 4.